The molecule has 0 fully saturated rings. The van der Waals surface area contributed by atoms with Crippen LogP contribution in [0.3, 0.4) is 0 Å². The molecule has 0 aliphatic carbocycles. The Kier molecular flexibility index (Phi) is 22.2. The molecule has 15 rings (SSSR count). The van der Waals surface area contributed by atoms with E-state index >= 15 is 0 Å². The first-order chi connectivity index (χ1) is 47.7. The smallest absolute Gasteiger partial charge is 0.219 e. The lowest BCUT2D eigenvalue weighted by molar-refractivity contribution is -0.129. The number of aromatic amines is 5. The maximum Gasteiger partial charge on any atom is 0.219 e. The van der Waals surface area contributed by atoms with E-state index in [0.717, 1.165) is 103 Å². The molecule has 18 nitrogen and oxygen atoms in total. The van der Waals surface area contributed by atoms with E-state index in [0.29, 0.717) is 98.4 Å². The summed E-state index contributed by atoms with van der Waals surface area (Å²) in [5.41, 5.74) is 15.2. The third kappa shape index (κ3) is 16.5. The molecule has 0 atom stereocenters. The molecule has 0 unspecified atom stereocenters. The van der Waals surface area contributed by atoms with Crippen molar-refractivity contribution >= 4 is 143 Å². The first-order valence-corrected chi connectivity index (χ1v) is 36.9. The van der Waals surface area contributed by atoms with E-state index in [4.69, 9.17) is 27.9 Å². The topological polar surface area (TPSA) is 224 Å². The van der Waals surface area contributed by atoms with Crippen LogP contribution in [0.2, 0.25) is 10.0 Å². The van der Waals surface area contributed by atoms with Gasteiger partial charge in [0.1, 0.15) is 5.75 Å². The van der Waals surface area contributed by atoms with Crippen LogP contribution >= 0.6 is 23.2 Å². The van der Waals surface area contributed by atoms with Gasteiger partial charge in [-0.3, -0.25) is 14.4 Å². The second-order valence-corrected chi connectivity index (χ2v) is 29.8. The molecule has 5 aliphatic rings. The van der Waals surface area contributed by atoms with Crippen molar-refractivity contribution in [3.8, 4) is 5.75 Å². The number of fused-ring (bicyclic) bond motifs is 5. The number of halogens is 6. The van der Waals surface area contributed by atoms with Crippen LogP contribution < -0.4 is 4.74 Å². The zero-order valence-electron chi connectivity index (χ0n) is 56.0. The standard InChI is InChI=1S/C16H18N2O2.C15H15ClN2O.C15H14F2N2O.C14H15ClN2O2S.C14H14F2N2O2S/c1-11(19)18-8-6-12(7-9-18)13-10-17-14-4-3-5-15(20-2)16(13)14;1-10(19)18-6-4-11(5-7-18)14-9-17-15-3-2-12(16)8-13(14)15;1-9(20)19-4-2-10(3-5-19)12-8-18-15-7-14(17)13(16)6-11(12)15;1-20(18,19)17-6-4-10(5-7-17)13-9-16-14-3-2-11(15)8-12(13)14;1-21(19,20)18-4-2-9(3-5-18)11-8-17-14-7-13(16)12(15)6-10(11)14/h3-6,10,17H,7-9H2,1-2H3;2-4,8-9,17H,5-7H2,1H3;2,6-8,18H,3-5H2,1H3;2-4,8-9,16H,5-7H2,1H3;2,6-8,17H,3-5H2,1H3. The van der Waals surface area contributed by atoms with Gasteiger partial charge >= 0.3 is 0 Å². The van der Waals surface area contributed by atoms with Gasteiger partial charge in [-0.25, -0.2) is 34.4 Å². The molecule has 0 saturated carbocycles. The normalized spacial score (nSPS) is 16.2. The Morgan fingerprint density at radius 2 is 0.730 bits per heavy atom. The number of rotatable bonds is 8. The third-order valence-electron chi connectivity index (χ3n) is 18.6. The molecule has 0 bridgehead atoms. The van der Waals surface area contributed by atoms with Crippen LogP contribution in [-0.4, -0.2) is 168 Å². The van der Waals surface area contributed by atoms with Crippen molar-refractivity contribution in [3.63, 3.8) is 0 Å². The highest BCUT2D eigenvalue weighted by Gasteiger charge is 2.26. The van der Waals surface area contributed by atoms with Gasteiger partial charge in [-0.15, -0.1) is 0 Å². The summed E-state index contributed by atoms with van der Waals surface area (Å²) in [5.74, 6) is -2.28. The van der Waals surface area contributed by atoms with Crippen LogP contribution in [0.5, 0.6) is 5.75 Å². The molecule has 0 saturated heterocycles. The monoisotopic (exact) mass is 1440 g/mol. The molecular formula is C74H76Cl2F4N10O8S2. The quantitative estimate of drug-likeness (QED) is 0.0918. The number of ether oxygens (including phenoxy) is 1. The largest absolute Gasteiger partial charge is 0.496 e. The number of carbonyl (C=O) groups excluding carboxylic acids is 3. The molecule has 0 radical (unpaired) electrons. The molecule has 524 valence electrons. The van der Waals surface area contributed by atoms with Crippen molar-refractivity contribution in [1.29, 1.82) is 0 Å². The lowest BCUT2D eigenvalue weighted by atomic mass is 9.98. The van der Waals surface area contributed by atoms with Gasteiger partial charge in [-0.05, 0) is 121 Å². The summed E-state index contributed by atoms with van der Waals surface area (Å²) in [7, 11) is -4.62. The minimum absolute atomic E-state index is 0.0485. The van der Waals surface area contributed by atoms with Gasteiger partial charge in [0.25, 0.3) is 0 Å². The number of sulfonamides is 2. The van der Waals surface area contributed by atoms with Crippen LogP contribution in [-0.2, 0) is 34.4 Å². The van der Waals surface area contributed by atoms with E-state index in [9.17, 15) is 48.8 Å². The maximum atomic E-state index is 13.4. The van der Waals surface area contributed by atoms with E-state index in [1.54, 1.807) is 45.2 Å². The number of hydrogen-bond donors (Lipinski definition) is 5. The Balaban J connectivity index is 0.000000126. The minimum Gasteiger partial charge on any atom is -0.496 e. The van der Waals surface area contributed by atoms with Crippen LogP contribution in [0.25, 0.3) is 82.4 Å². The summed E-state index contributed by atoms with van der Waals surface area (Å²) in [6, 6.07) is 22.3. The Bertz CT molecular complexity index is 5200. The van der Waals surface area contributed by atoms with E-state index < -0.39 is 43.3 Å². The fourth-order valence-corrected chi connectivity index (χ4v) is 14.9. The molecule has 3 amide bonds. The number of carbonyl (C=O) groups is 3. The van der Waals surface area contributed by atoms with E-state index in [1.807, 2.05) is 101 Å². The summed E-state index contributed by atoms with van der Waals surface area (Å²) in [4.78, 5) is 55.1. The predicted octanol–water partition coefficient (Wildman–Crippen LogP) is 14.7. The van der Waals surface area contributed by atoms with Crippen molar-refractivity contribution in [2.24, 2.45) is 0 Å². The zero-order chi connectivity index (χ0) is 71.3. The van der Waals surface area contributed by atoms with Crippen LogP contribution in [0.1, 0.15) is 80.7 Å². The molecule has 5 aromatic carbocycles. The van der Waals surface area contributed by atoms with Crippen molar-refractivity contribution in [2.45, 2.75) is 52.9 Å². The molecule has 5 N–H and O–H groups in total. The number of H-pyrrole nitrogens is 5. The van der Waals surface area contributed by atoms with Gasteiger partial charge in [0.05, 0.1) is 19.6 Å². The lowest BCUT2D eigenvalue weighted by Crippen LogP contribution is -2.33. The number of methoxy groups -OCH3 is 1. The molecule has 5 aliphatic heterocycles. The fraction of sp³-hybridized carbons (Fsp3) is 0.284. The predicted molar refractivity (Wildman–Crippen MR) is 390 cm³/mol. The molecule has 100 heavy (non-hydrogen) atoms. The van der Waals surface area contributed by atoms with Crippen LogP contribution in [0.4, 0.5) is 17.6 Å². The highest BCUT2D eigenvalue weighted by atomic mass is 35.5. The second kappa shape index (κ2) is 30.7. The molecule has 5 aromatic heterocycles. The van der Waals surface area contributed by atoms with Gasteiger partial charge in [0.15, 0.2) is 23.3 Å². The summed E-state index contributed by atoms with van der Waals surface area (Å²) in [6.07, 6.45) is 25.7. The Labute approximate surface area is 586 Å². The van der Waals surface area contributed by atoms with Crippen LogP contribution in [0, 0.1) is 23.3 Å². The van der Waals surface area contributed by atoms with Gasteiger partial charge in [-0.1, -0.05) is 59.6 Å². The van der Waals surface area contributed by atoms with E-state index in [2.05, 4.69) is 37.1 Å². The minimum atomic E-state index is -3.20. The zero-order valence-corrected chi connectivity index (χ0v) is 59.1. The van der Waals surface area contributed by atoms with E-state index in [-0.39, 0.29) is 17.7 Å². The summed E-state index contributed by atoms with van der Waals surface area (Å²) >= 11 is 12.1. The first kappa shape index (κ1) is 72.1. The highest BCUT2D eigenvalue weighted by molar-refractivity contribution is 7.88. The summed E-state index contributed by atoms with van der Waals surface area (Å²) in [6.45, 7) is 10.6. The molecular weight excluding hydrogens is 1370 g/mol. The van der Waals surface area contributed by atoms with Crippen molar-refractivity contribution in [2.75, 3.05) is 85.1 Å². The fourth-order valence-electron chi connectivity index (χ4n) is 13.0. The summed E-state index contributed by atoms with van der Waals surface area (Å²) < 4.78 is 107. The van der Waals surface area contributed by atoms with E-state index in [1.165, 1.54) is 67.2 Å². The number of amides is 3. The van der Waals surface area contributed by atoms with Crippen LogP contribution in [0.15, 0.2) is 140 Å². The second-order valence-electron chi connectivity index (χ2n) is 24.9. The first-order valence-electron chi connectivity index (χ1n) is 32.5. The number of nitrogens with zero attached hydrogens (tertiary/aromatic N) is 5. The van der Waals surface area contributed by atoms with Gasteiger partial charge in [-0.2, -0.15) is 8.61 Å². The average molecular weight is 1440 g/mol. The Morgan fingerprint density at radius 3 is 1.06 bits per heavy atom. The molecule has 10 heterocycles. The Morgan fingerprint density at radius 1 is 0.410 bits per heavy atom. The maximum absolute atomic E-state index is 13.4. The van der Waals surface area contributed by atoms with Gasteiger partial charge in [0, 0.05) is 222 Å². The Hall–Kier alpha value is -9.17. The van der Waals surface area contributed by atoms with Crippen molar-refractivity contribution < 1.29 is 53.5 Å². The highest BCUT2D eigenvalue weighted by Crippen LogP contribution is 2.38. The van der Waals surface area contributed by atoms with Gasteiger partial charge < -0.3 is 44.4 Å². The number of aromatic nitrogens is 5. The molecule has 10 aromatic rings. The average Bonchev–Trinajstić information content (AvgIpc) is 1.69. The van der Waals surface area contributed by atoms with Gasteiger partial charge in [0.2, 0.25) is 37.8 Å². The molecule has 0 spiro atoms. The van der Waals surface area contributed by atoms with Crippen molar-refractivity contribution in [3.05, 3.63) is 201 Å². The summed E-state index contributed by atoms with van der Waals surface area (Å²) in [5, 5.41) is 6.08. The van der Waals surface area contributed by atoms with Crippen molar-refractivity contribution in [1.82, 2.24) is 48.2 Å². The molecule has 26 heteroatoms. The SMILES string of the molecule is CC(=O)N1CC=C(c2c[nH]c3cc(F)c(F)cc23)CC1.CC(=O)N1CC=C(c2c[nH]c3ccc(Cl)cc23)CC1.COc1cccc2[nH]cc(C3=CCN(C(C)=O)CC3)c12.CS(=O)(=O)N1CC=C(c2c[nH]c3cc(F)c(F)cc23)CC1.CS(=O)(=O)N1CC=C(c2c[nH]c3ccc(Cl)cc23)CC1. The number of benzene rings is 5. The number of nitrogens with one attached hydrogen (secondary N) is 5. The number of hydrogen-bond acceptors (Lipinski definition) is 8. The third-order valence-corrected chi connectivity index (χ3v) is 21.6. The lowest BCUT2D eigenvalue weighted by Gasteiger charge is -2.25.